The lowest BCUT2D eigenvalue weighted by Gasteiger charge is -2.17. The Morgan fingerprint density at radius 3 is 2.81 bits per heavy atom. The van der Waals surface area contributed by atoms with Crippen LogP contribution in [0.5, 0.6) is 0 Å². The van der Waals surface area contributed by atoms with Crippen molar-refractivity contribution in [3.63, 3.8) is 0 Å². The molecule has 138 valence electrons. The van der Waals surface area contributed by atoms with Gasteiger partial charge in [-0.25, -0.2) is 4.98 Å². The van der Waals surface area contributed by atoms with Gasteiger partial charge in [0.1, 0.15) is 11.8 Å². The first-order valence-electron chi connectivity index (χ1n) is 8.83. The molecule has 6 nitrogen and oxygen atoms in total. The first-order valence-corrected chi connectivity index (χ1v) is 9.71. The second-order valence-corrected chi connectivity index (χ2v) is 7.21. The molecular formula is C20H19N3O3S. The number of benzene rings is 1. The maximum atomic E-state index is 12.6. The highest BCUT2D eigenvalue weighted by molar-refractivity contribution is 7.14. The lowest BCUT2D eigenvalue weighted by atomic mass is 10.0. The third-order valence-corrected chi connectivity index (χ3v) is 5.36. The van der Waals surface area contributed by atoms with Gasteiger partial charge in [-0.3, -0.25) is 14.5 Å². The van der Waals surface area contributed by atoms with Crippen LogP contribution in [0.1, 0.15) is 35.9 Å². The average Bonchev–Trinajstić information content (AvgIpc) is 3.42. The molecule has 7 heteroatoms. The molecule has 1 unspecified atom stereocenters. The summed E-state index contributed by atoms with van der Waals surface area (Å²) in [5, 5.41) is 5.53. The highest BCUT2D eigenvalue weighted by Crippen LogP contribution is 2.26. The van der Waals surface area contributed by atoms with Gasteiger partial charge in [-0.15, -0.1) is 11.3 Å². The monoisotopic (exact) mass is 381 g/mol. The minimum atomic E-state index is -0.355. The van der Waals surface area contributed by atoms with E-state index in [1.807, 2.05) is 41.8 Å². The summed E-state index contributed by atoms with van der Waals surface area (Å²) < 4.78 is 5.51. The zero-order valence-electron chi connectivity index (χ0n) is 14.6. The smallest absolute Gasteiger partial charge is 0.228 e. The summed E-state index contributed by atoms with van der Waals surface area (Å²) >= 11 is 1.40. The van der Waals surface area contributed by atoms with E-state index in [0.29, 0.717) is 29.6 Å². The van der Waals surface area contributed by atoms with Crippen molar-refractivity contribution in [3.8, 4) is 0 Å². The van der Waals surface area contributed by atoms with Gasteiger partial charge in [-0.1, -0.05) is 30.3 Å². The predicted octanol–water partition coefficient (Wildman–Crippen LogP) is 3.31. The van der Waals surface area contributed by atoms with Crippen molar-refractivity contribution in [2.45, 2.75) is 25.3 Å². The Hall–Kier alpha value is -2.93. The molecule has 4 rings (SSSR count). The molecule has 27 heavy (non-hydrogen) atoms. The summed E-state index contributed by atoms with van der Waals surface area (Å²) in [7, 11) is 0. The number of nitrogens with one attached hydrogen (secondary N) is 1. The zero-order valence-corrected chi connectivity index (χ0v) is 15.4. The number of carbonyl (C=O) groups excluding carboxylic acids is 2. The van der Waals surface area contributed by atoms with Crippen LogP contribution in [0, 0.1) is 0 Å². The van der Waals surface area contributed by atoms with Gasteiger partial charge in [-0.05, 0) is 24.1 Å². The molecular weight excluding hydrogens is 362 g/mol. The third kappa shape index (κ3) is 3.93. The van der Waals surface area contributed by atoms with E-state index in [0.717, 1.165) is 12.0 Å². The van der Waals surface area contributed by atoms with Crippen molar-refractivity contribution in [2.75, 3.05) is 11.4 Å². The van der Waals surface area contributed by atoms with E-state index in [1.165, 1.54) is 11.3 Å². The van der Waals surface area contributed by atoms with Gasteiger partial charge in [0.05, 0.1) is 18.4 Å². The average molecular weight is 381 g/mol. The molecule has 1 fully saturated rings. The summed E-state index contributed by atoms with van der Waals surface area (Å²) in [5.74, 6) is 0.628. The van der Waals surface area contributed by atoms with E-state index in [-0.39, 0.29) is 24.3 Å². The molecule has 1 aliphatic rings. The van der Waals surface area contributed by atoms with E-state index < -0.39 is 0 Å². The zero-order chi connectivity index (χ0) is 18.6. The molecule has 0 aliphatic carbocycles. The van der Waals surface area contributed by atoms with E-state index in [2.05, 4.69) is 10.3 Å². The van der Waals surface area contributed by atoms with Gasteiger partial charge in [0.15, 0.2) is 5.13 Å². The summed E-state index contributed by atoms with van der Waals surface area (Å²) in [6, 6.07) is 13.0. The fourth-order valence-corrected chi connectivity index (χ4v) is 4.02. The topological polar surface area (TPSA) is 75.4 Å². The normalized spacial score (nSPS) is 15.1. The molecule has 2 amide bonds. The number of rotatable bonds is 6. The van der Waals surface area contributed by atoms with Crippen molar-refractivity contribution in [3.05, 3.63) is 71.1 Å². The fraction of sp³-hybridized carbons (Fsp3) is 0.250. The number of hydrogen-bond acceptors (Lipinski definition) is 5. The number of furan rings is 1. The Kier molecular flexibility index (Phi) is 5.02. The summed E-state index contributed by atoms with van der Waals surface area (Å²) in [4.78, 5) is 30.6. The number of amides is 2. The van der Waals surface area contributed by atoms with Crippen molar-refractivity contribution in [1.82, 2.24) is 10.3 Å². The standard InChI is InChI=1S/C20H19N3O3S/c24-17(12-15-13-27-20(21-15)23-10-4-9-18(23)25)22-19(16-8-5-11-26-16)14-6-2-1-3-7-14/h1-3,5-8,11,13,19H,4,9-10,12H2,(H,22,24). The SMILES string of the molecule is O=C(Cc1csc(N2CCCC2=O)n1)NC(c1ccccc1)c1ccco1. The van der Waals surface area contributed by atoms with Gasteiger partial charge in [-0.2, -0.15) is 0 Å². The molecule has 1 N–H and O–H groups in total. The van der Waals surface area contributed by atoms with Crippen molar-refractivity contribution in [1.29, 1.82) is 0 Å². The molecule has 1 aromatic carbocycles. The molecule has 1 aliphatic heterocycles. The van der Waals surface area contributed by atoms with E-state index >= 15 is 0 Å². The van der Waals surface area contributed by atoms with Crippen LogP contribution in [0.15, 0.2) is 58.5 Å². The first-order chi connectivity index (χ1) is 13.2. The number of thiazole rings is 1. The van der Waals surface area contributed by atoms with Gasteiger partial charge >= 0.3 is 0 Å². The van der Waals surface area contributed by atoms with Gasteiger partial charge in [0.2, 0.25) is 11.8 Å². The molecule has 0 bridgehead atoms. The lowest BCUT2D eigenvalue weighted by Crippen LogP contribution is -2.30. The van der Waals surface area contributed by atoms with Crippen LogP contribution in [0.3, 0.4) is 0 Å². The Bertz CT molecular complexity index is 921. The Morgan fingerprint density at radius 2 is 2.11 bits per heavy atom. The molecule has 0 radical (unpaired) electrons. The quantitative estimate of drug-likeness (QED) is 0.711. The second-order valence-electron chi connectivity index (χ2n) is 6.37. The van der Waals surface area contributed by atoms with Crippen LogP contribution < -0.4 is 10.2 Å². The molecule has 0 spiro atoms. The number of nitrogens with zero attached hydrogens (tertiary/aromatic N) is 2. The van der Waals surface area contributed by atoms with Crippen LogP contribution in [0.4, 0.5) is 5.13 Å². The molecule has 1 atom stereocenters. The summed E-state index contributed by atoms with van der Waals surface area (Å²) in [5.41, 5.74) is 1.61. The van der Waals surface area contributed by atoms with Gasteiger partial charge < -0.3 is 9.73 Å². The maximum Gasteiger partial charge on any atom is 0.228 e. The minimum absolute atomic E-state index is 0.0994. The van der Waals surface area contributed by atoms with E-state index in [9.17, 15) is 9.59 Å². The van der Waals surface area contributed by atoms with Crippen molar-refractivity contribution < 1.29 is 14.0 Å². The van der Waals surface area contributed by atoms with Crippen LogP contribution >= 0.6 is 11.3 Å². The van der Waals surface area contributed by atoms with E-state index in [4.69, 9.17) is 4.42 Å². The molecule has 3 heterocycles. The summed E-state index contributed by atoms with van der Waals surface area (Å²) in [6.07, 6.45) is 3.17. The fourth-order valence-electron chi connectivity index (χ4n) is 3.15. The first kappa shape index (κ1) is 17.5. The Labute approximate surface area is 160 Å². The summed E-state index contributed by atoms with van der Waals surface area (Å²) in [6.45, 7) is 0.701. The highest BCUT2D eigenvalue weighted by atomic mass is 32.1. The largest absolute Gasteiger partial charge is 0.467 e. The highest BCUT2D eigenvalue weighted by Gasteiger charge is 2.25. The van der Waals surface area contributed by atoms with Crippen molar-refractivity contribution in [2.24, 2.45) is 0 Å². The lowest BCUT2D eigenvalue weighted by molar-refractivity contribution is -0.121. The molecule has 3 aromatic rings. The second kappa shape index (κ2) is 7.75. The van der Waals surface area contributed by atoms with Gasteiger partial charge in [0.25, 0.3) is 0 Å². The molecule has 2 aromatic heterocycles. The molecule has 0 saturated carbocycles. The predicted molar refractivity (Wildman–Crippen MR) is 103 cm³/mol. The van der Waals surface area contributed by atoms with Crippen molar-refractivity contribution >= 4 is 28.3 Å². The van der Waals surface area contributed by atoms with Crippen LogP contribution in [0.25, 0.3) is 0 Å². The number of hydrogen-bond donors (Lipinski definition) is 1. The van der Waals surface area contributed by atoms with Gasteiger partial charge in [0, 0.05) is 18.3 Å². The number of carbonyl (C=O) groups is 2. The Morgan fingerprint density at radius 1 is 1.26 bits per heavy atom. The van der Waals surface area contributed by atoms with Crippen LogP contribution in [0.2, 0.25) is 0 Å². The number of aromatic nitrogens is 1. The molecule has 1 saturated heterocycles. The Balaban J connectivity index is 1.46. The number of anilines is 1. The van der Waals surface area contributed by atoms with Crippen LogP contribution in [-0.2, 0) is 16.0 Å². The van der Waals surface area contributed by atoms with Crippen LogP contribution in [-0.4, -0.2) is 23.3 Å². The van der Waals surface area contributed by atoms with E-state index in [1.54, 1.807) is 17.2 Å². The minimum Gasteiger partial charge on any atom is -0.467 e. The third-order valence-electron chi connectivity index (χ3n) is 4.45. The maximum absolute atomic E-state index is 12.6.